The lowest BCUT2D eigenvalue weighted by molar-refractivity contribution is -0.116. The van der Waals surface area contributed by atoms with Crippen molar-refractivity contribution in [3.63, 3.8) is 0 Å². The van der Waals surface area contributed by atoms with Gasteiger partial charge in [-0.2, -0.15) is 0 Å². The van der Waals surface area contributed by atoms with Gasteiger partial charge in [0.15, 0.2) is 11.6 Å². The number of carbonyl (C=O) groups is 1. The monoisotopic (exact) mass is 547 g/mol. The van der Waals surface area contributed by atoms with Crippen LogP contribution < -0.4 is 24.8 Å². The summed E-state index contributed by atoms with van der Waals surface area (Å²) in [6.07, 6.45) is 1.46. The van der Waals surface area contributed by atoms with Crippen molar-refractivity contribution >= 4 is 50.0 Å². The molecule has 1 heterocycles. The van der Waals surface area contributed by atoms with Crippen LogP contribution in [0.15, 0.2) is 71.6 Å². The molecule has 1 saturated carbocycles. The number of benzene rings is 3. The number of hydrogen-bond donors (Lipinski definition) is 3. The fourth-order valence-electron chi connectivity index (χ4n) is 4.24. The highest BCUT2D eigenvalue weighted by molar-refractivity contribution is 7.92. The zero-order valence-corrected chi connectivity index (χ0v) is 22.6. The molecule has 1 amide bonds. The summed E-state index contributed by atoms with van der Waals surface area (Å²) >= 11 is 0. The Balaban J connectivity index is 1.45. The Morgan fingerprint density at radius 3 is 2.15 bits per heavy atom. The van der Waals surface area contributed by atoms with E-state index in [-0.39, 0.29) is 22.4 Å². The maximum atomic E-state index is 13.5. The van der Waals surface area contributed by atoms with Crippen LogP contribution in [0.25, 0.3) is 11.0 Å². The van der Waals surface area contributed by atoms with Crippen LogP contribution in [-0.2, 0) is 14.8 Å². The number of carbonyl (C=O) groups excluding carboxylic acids is 1. The Bertz CT molecular complexity index is 1620. The molecule has 0 aliphatic heterocycles. The van der Waals surface area contributed by atoms with Gasteiger partial charge >= 0.3 is 0 Å². The quantitative estimate of drug-likeness (QED) is 0.248. The van der Waals surface area contributed by atoms with E-state index in [1.807, 2.05) is 6.07 Å². The van der Waals surface area contributed by atoms with Gasteiger partial charge in [0.25, 0.3) is 10.0 Å². The summed E-state index contributed by atoms with van der Waals surface area (Å²) in [6, 6.07) is 18.4. The molecule has 11 heteroatoms. The number of aromatic nitrogens is 2. The molecule has 0 radical (unpaired) electrons. The van der Waals surface area contributed by atoms with Crippen LogP contribution in [0.2, 0.25) is 0 Å². The van der Waals surface area contributed by atoms with Crippen LogP contribution in [0.1, 0.15) is 19.8 Å². The molecular weight excluding hydrogens is 518 g/mol. The fraction of sp³-hybridized carbons (Fsp3) is 0.250. The Morgan fingerprint density at radius 1 is 0.897 bits per heavy atom. The topological polar surface area (TPSA) is 132 Å². The van der Waals surface area contributed by atoms with Gasteiger partial charge in [0.2, 0.25) is 5.91 Å². The van der Waals surface area contributed by atoms with Gasteiger partial charge in [-0.15, -0.1) is 0 Å². The average molecular weight is 548 g/mol. The van der Waals surface area contributed by atoms with Gasteiger partial charge in [-0.3, -0.25) is 9.52 Å². The van der Waals surface area contributed by atoms with Crippen LogP contribution in [-0.4, -0.2) is 38.5 Å². The molecular formula is C28H29N5O5S. The number of amides is 1. The number of fused-ring (bicyclic) bond motifs is 1. The van der Waals surface area contributed by atoms with Crippen LogP contribution in [0.4, 0.5) is 23.0 Å². The largest absolute Gasteiger partial charge is 0.497 e. The minimum atomic E-state index is -4.09. The van der Waals surface area contributed by atoms with E-state index in [4.69, 9.17) is 9.47 Å². The highest BCUT2D eigenvalue weighted by Gasteiger charge is 2.34. The molecule has 1 aliphatic carbocycles. The molecule has 0 spiro atoms. The first-order valence-electron chi connectivity index (χ1n) is 12.4. The van der Waals surface area contributed by atoms with E-state index < -0.39 is 10.0 Å². The van der Waals surface area contributed by atoms with Gasteiger partial charge in [0.1, 0.15) is 11.5 Å². The predicted octanol–water partition coefficient (Wildman–Crippen LogP) is 5.18. The fourth-order valence-corrected chi connectivity index (χ4v) is 5.29. The lowest BCUT2D eigenvalue weighted by Gasteiger charge is -2.15. The summed E-state index contributed by atoms with van der Waals surface area (Å²) in [6.45, 7) is 2.11. The Hall–Kier alpha value is -4.38. The van der Waals surface area contributed by atoms with Gasteiger partial charge in [0.05, 0.1) is 30.1 Å². The Labute approximate surface area is 226 Å². The Kier molecular flexibility index (Phi) is 7.25. The SMILES string of the molecule is COc1cc(Nc2nc3ccccc3nc2NS(=O)(=O)c2cccc(NC(=O)CC3CC3C)c2)cc(OC)c1. The lowest BCUT2D eigenvalue weighted by Crippen LogP contribution is -2.17. The van der Waals surface area contributed by atoms with Gasteiger partial charge in [-0.1, -0.05) is 25.1 Å². The number of anilines is 4. The molecule has 4 aromatic rings. The molecule has 202 valence electrons. The summed E-state index contributed by atoms with van der Waals surface area (Å²) in [7, 11) is -1.02. The predicted molar refractivity (Wildman–Crippen MR) is 150 cm³/mol. The number of ether oxygens (including phenoxy) is 2. The summed E-state index contributed by atoms with van der Waals surface area (Å²) in [5.74, 6) is 2.09. The van der Waals surface area contributed by atoms with Crippen LogP contribution in [0.5, 0.6) is 11.5 Å². The van der Waals surface area contributed by atoms with E-state index in [0.717, 1.165) is 6.42 Å². The zero-order valence-electron chi connectivity index (χ0n) is 21.8. The second kappa shape index (κ2) is 10.8. The Morgan fingerprint density at radius 2 is 1.54 bits per heavy atom. The number of nitrogens with zero attached hydrogens (tertiary/aromatic N) is 2. The molecule has 1 aromatic heterocycles. The minimum absolute atomic E-state index is 0.00708. The number of hydrogen-bond acceptors (Lipinski definition) is 8. The third kappa shape index (κ3) is 6.20. The van der Waals surface area contributed by atoms with E-state index in [9.17, 15) is 13.2 Å². The van der Waals surface area contributed by atoms with Crippen molar-refractivity contribution in [1.29, 1.82) is 0 Å². The normalized spacial score (nSPS) is 16.4. The first-order chi connectivity index (χ1) is 18.7. The summed E-state index contributed by atoms with van der Waals surface area (Å²) in [4.78, 5) is 21.5. The molecule has 5 rings (SSSR count). The third-order valence-electron chi connectivity index (χ3n) is 6.57. The van der Waals surface area contributed by atoms with Crippen molar-refractivity contribution in [2.75, 3.05) is 29.6 Å². The van der Waals surface area contributed by atoms with Crippen molar-refractivity contribution in [3.8, 4) is 11.5 Å². The molecule has 10 nitrogen and oxygen atoms in total. The van der Waals surface area contributed by atoms with Gasteiger partial charge < -0.3 is 20.1 Å². The van der Waals surface area contributed by atoms with Gasteiger partial charge in [-0.05, 0) is 48.6 Å². The first-order valence-corrected chi connectivity index (χ1v) is 13.9. The maximum Gasteiger partial charge on any atom is 0.263 e. The van der Waals surface area contributed by atoms with Crippen LogP contribution >= 0.6 is 0 Å². The van der Waals surface area contributed by atoms with Gasteiger partial charge in [-0.25, -0.2) is 18.4 Å². The minimum Gasteiger partial charge on any atom is -0.497 e. The summed E-state index contributed by atoms with van der Waals surface area (Å²) in [5.41, 5.74) is 2.06. The van der Waals surface area contributed by atoms with Crippen molar-refractivity contribution in [2.45, 2.75) is 24.7 Å². The van der Waals surface area contributed by atoms with Crippen LogP contribution in [0, 0.1) is 11.8 Å². The molecule has 2 atom stereocenters. The van der Waals surface area contributed by atoms with Crippen LogP contribution in [0.3, 0.4) is 0 Å². The molecule has 2 unspecified atom stereocenters. The van der Waals surface area contributed by atoms with E-state index in [0.29, 0.717) is 52.2 Å². The number of rotatable bonds is 10. The standard InChI is InChI=1S/C28H29N5O5S/c1-17-11-18(17)12-26(34)29-19-7-6-8-23(15-19)39(35,36)33-28-27(31-24-9-4-5-10-25(24)32-28)30-20-13-21(37-2)16-22(14-20)38-3/h4-10,13-18H,11-12H2,1-3H3,(H,29,34)(H,30,31)(H,32,33). The van der Waals surface area contributed by atoms with E-state index in [1.54, 1.807) is 48.5 Å². The second-order valence-electron chi connectivity index (χ2n) is 9.49. The van der Waals surface area contributed by atoms with Crippen molar-refractivity contribution in [3.05, 3.63) is 66.7 Å². The number of sulfonamides is 1. The number of nitrogens with one attached hydrogen (secondary N) is 3. The molecule has 3 N–H and O–H groups in total. The molecule has 3 aromatic carbocycles. The average Bonchev–Trinajstić information content (AvgIpc) is 3.62. The summed E-state index contributed by atoms with van der Waals surface area (Å²) < 4.78 is 40.2. The first kappa shape index (κ1) is 26.2. The molecule has 1 aliphatic rings. The highest BCUT2D eigenvalue weighted by Crippen LogP contribution is 2.40. The van der Waals surface area contributed by atoms with E-state index in [2.05, 4.69) is 32.2 Å². The number of methoxy groups -OCH3 is 2. The van der Waals surface area contributed by atoms with E-state index in [1.165, 1.54) is 26.4 Å². The maximum absolute atomic E-state index is 13.5. The van der Waals surface area contributed by atoms with Crippen molar-refractivity contribution in [2.24, 2.45) is 11.8 Å². The smallest absolute Gasteiger partial charge is 0.263 e. The highest BCUT2D eigenvalue weighted by atomic mass is 32.2. The number of para-hydroxylation sites is 2. The van der Waals surface area contributed by atoms with Crippen molar-refractivity contribution < 1.29 is 22.7 Å². The zero-order chi connectivity index (χ0) is 27.6. The summed E-state index contributed by atoms with van der Waals surface area (Å²) in [5, 5.41) is 5.94. The van der Waals surface area contributed by atoms with Crippen molar-refractivity contribution in [1.82, 2.24) is 9.97 Å². The molecule has 0 saturated heterocycles. The van der Waals surface area contributed by atoms with Gasteiger partial charge in [0, 0.05) is 36.0 Å². The molecule has 39 heavy (non-hydrogen) atoms. The van der Waals surface area contributed by atoms with E-state index >= 15 is 0 Å². The molecule has 1 fully saturated rings. The molecule has 0 bridgehead atoms. The lowest BCUT2D eigenvalue weighted by atomic mass is 10.2. The third-order valence-corrected chi connectivity index (χ3v) is 7.90. The second-order valence-corrected chi connectivity index (χ2v) is 11.2.